The van der Waals surface area contributed by atoms with E-state index >= 15 is 0 Å². The topological polar surface area (TPSA) is 16.4 Å². The molecule has 10 aromatic rings. The molecule has 0 atom stereocenters. The Morgan fingerprint density at radius 2 is 1.15 bits per heavy atom. The second-order valence-corrected chi connectivity index (χ2v) is 13.2. The molecule has 0 fully saturated rings. The van der Waals surface area contributed by atoms with Crippen LogP contribution in [0.4, 0.5) is 17.1 Å². The second kappa shape index (κ2) is 10.3. The minimum absolute atomic E-state index is 0.918. The molecule has 0 aliphatic rings. The van der Waals surface area contributed by atoms with Gasteiger partial charge in [0.1, 0.15) is 11.2 Å². The molecule has 0 amide bonds. The van der Waals surface area contributed by atoms with Gasteiger partial charge >= 0.3 is 0 Å². The Morgan fingerprint density at radius 3 is 2.06 bits per heavy atom. The van der Waals surface area contributed by atoms with Gasteiger partial charge < -0.3 is 9.32 Å². The SMILES string of the molecule is c1ccc2c(-c3ccc(N(c4ccc5cc6oc7ccccc7c6cc5c4)c4cccc5sc6ccccc6c45)cc3)cccc2c1. The lowest BCUT2D eigenvalue weighted by Crippen LogP contribution is -2.10. The Balaban J connectivity index is 1.19. The van der Waals surface area contributed by atoms with Gasteiger partial charge in [-0.05, 0) is 93.3 Å². The predicted molar refractivity (Wildman–Crippen MR) is 202 cm³/mol. The summed E-state index contributed by atoms with van der Waals surface area (Å²) in [6.45, 7) is 0. The number of hydrogen-bond acceptors (Lipinski definition) is 3. The molecule has 2 nitrogen and oxygen atoms in total. The smallest absolute Gasteiger partial charge is 0.136 e. The summed E-state index contributed by atoms with van der Waals surface area (Å²) < 4.78 is 8.81. The van der Waals surface area contributed by atoms with Crippen molar-refractivity contribution in [3.63, 3.8) is 0 Å². The molecule has 0 N–H and O–H groups in total. The molecule has 220 valence electrons. The first-order chi connectivity index (χ1) is 23.3. The third kappa shape index (κ3) is 4.17. The van der Waals surface area contributed by atoms with Gasteiger partial charge in [-0.25, -0.2) is 0 Å². The van der Waals surface area contributed by atoms with E-state index in [0.29, 0.717) is 0 Å². The third-order valence-electron chi connectivity index (χ3n) is 9.43. The van der Waals surface area contributed by atoms with E-state index in [1.807, 2.05) is 23.5 Å². The number of benzene rings is 8. The molecule has 0 saturated carbocycles. The standard InChI is InChI=1S/C44H27NOS/c1-2-11-34-28(9-1)10-7-14-35(34)29-19-22-32(23-20-29)45(39-15-8-18-43-44(39)37-13-4-6-17-42(37)47-43)33-24-21-30-27-41-38(26-31(30)25-33)36-12-3-5-16-40(36)46-41/h1-27H. The summed E-state index contributed by atoms with van der Waals surface area (Å²) in [4.78, 5) is 2.42. The summed E-state index contributed by atoms with van der Waals surface area (Å²) in [7, 11) is 0. The molecule has 0 saturated heterocycles. The number of fused-ring (bicyclic) bond motifs is 8. The minimum atomic E-state index is 0.918. The molecule has 47 heavy (non-hydrogen) atoms. The number of para-hydroxylation sites is 1. The molecule has 0 aliphatic carbocycles. The van der Waals surface area contributed by atoms with Crippen LogP contribution >= 0.6 is 11.3 Å². The van der Waals surface area contributed by atoms with E-state index in [4.69, 9.17) is 4.42 Å². The van der Waals surface area contributed by atoms with Gasteiger partial charge in [-0.1, -0.05) is 103 Å². The summed E-state index contributed by atoms with van der Waals surface area (Å²) >= 11 is 1.85. The van der Waals surface area contributed by atoms with E-state index in [2.05, 4.69) is 157 Å². The maximum absolute atomic E-state index is 6.22. The molecule has 0 spiro atoms. The first-order valence-electron chi connectivity index (χ1n) is 15.9. The fourth-order valence-electron chi connectivity index (χ4n) is 7.23. The zero-order valence-electron chi connectivity index (χ0n) is 25.4. The van der Waals surface area contributed by atoms with Crippen molar-refractivity contribution in [2.45, 2.75) is 0 Å². The largest absolute Gasteiger partial charge is 0.456 e. The second-order valence-electron chi connectivity index (χ2n) is 12.1. The van der Waals surface area contributed by atoms with Gasteiger partial charge in [-0.2, -0.15) is 0 Å². The summed E-state index contributed by atoms with van der Waals surface area (Å²) in [6, 6.07) is 59.2. The van der Waals surface area contributed by atoms with Crippen LogP contribution in [0.25, 0.3) is 74.8 Å². The van der Waals surface area contributed by atoms with Crippen molar-refractivity contribution in [1.29, 1.82) is 0 Å². The maximum atomic E-state index is 6.22. The number of hydrogen-bond donors (Lipinski definition) is 0. The van der Waals surface area contributed by atoms with Crippen LogP contribution < -0.4 is 4.90 Å². The van der Waals surface area contributed by atoms with Crippen LogP contribution in [0.2, 0.25) is 0 Å². The van der Waals surface area contributed by atoms with Crippen molar-refractivity contribution < 1.29 is 4.42 Å². The molecule has 0 aliphatic heterocycles. The molecular formula is C44H27NOS. The lowest BCUT2D eigenvalue weighted by atomic mass is 9.98. The molecule has 3 heteroatoms. The zero-order chi connectivity index (χ0) is 30.9. The first-order valence-corrected chi connectivity index (χ1v) is 16.7. The minimum Gasteiger partial charge on any atom is -0.456 e. The van der Waals surface area contributed by atoms with E-state index in [0.717, 1.165) is 38.7 Å². The highest BCUT2D eigenvalue weighted by atomic mass is 32.1. The lowest BCUT2D eigenvalue weighted by Gasteiger charge is -2.27. The van der Waals surface area contributed by atoms with Crippen LogP contribution in [0.3, 0.4) is 0 Å². The highest BCUT2D eigenvalue weighted by Gasteiger charge is 2.19. The van der Waals surface area contributed by atoms with Crippen LogP contribution in [0.1, 0.15) is 0 Å². The first kappa shape index (κ1) is 26.3. The third-order valence-corrected chi connectivity index (χ3v) is 10.6. The van der Waals surface area contributed by atoms with E-state index in [1.165, 1.54) is 53.1 Å². The zero-order valence-corrected chi connectivity index (χ0v) is 26.2. The summed E-state index contributed by atoms with van der Waals surface area (Å²) in [5.41, 5.74) is 7.69. The van der Waals surface area contributed by atoms with Gasteiger partial charge in [0.05, 0.1) is 5.69 Å². The van der Waals surface area contributed by atoms with Crippen molar-refractivity contribution in [1.82, 2.24) is 0 Å². The maximum Gasteiger partial charge on any atom is 0.136 e. The quantitative estimate of drug-likeness (QED) is 0.195. The molecular weight excluding hydrogens is 591 g/mol. The fourth-order valence-corrected chi connectivity index (χ4v) is 8.36. The fraction of sp³-hybridized carbons (Fsp3) is 0. The molecule has 2 aromatic heterocycles. The average molecular weight is 618 g/mol. The Bertz CT molecular complexity index is 2800. The number of rotatable bonds is 4. The molecule has 8 aromatic carbocycles. The monoisotopic (exact) mass is 617 g/mol. The lowest BCUT2D eigenvalue weighted by molar-refractivity contribution is 0.669. The molecule has 2 heterocycles. The summed E-state index contributed by atoms with van der Waals surface area (Å²) in [5, 5.41) is 9.71. The summed E-state index contributed by atoms with van der Waals surface area (Å²) in [6.07, 6.45) is 0. The molecule has 0 bridgehead atoms. The van der Waals surface area contributed by atoms with Crippen LogP contribution in [0.5, 0.6) is 0 Å². The molecule has 0 unspecified atom stereocenters. The number of nitrogens with zero attached hydrogens (tertiary/aromatic N) is 1. The number of furan rings is 1. The average Bonchev–Trinajstić information content (AvgIpc) is 3.69. The number of anilines is 3. The van der Waals surface area contributed by atoms with Gasteiger partial charge in [0.25, 0.3) is 0 Å². The van der Waals surface area contributed by atoms with E-state index in [-0.39, 0.29) is 0 Å². The van der Waals surface area contributed by atoms with E-state index < -0.39 is 0 Å². The highest BCUT2D eigenvalue weighted by Crippen LogP contribution is 2.46. The summed E-state index contributed by atoms with van der Waals surface area (Å²) in [5.74, 6) is 0. The van der Waals surface area contributed by atoms with E-state index in [9.17, 15) is 0 Å². The van der Waals surface area contributed by atoms with Gasteiger partial charge in [-0.3, -0.25) is 0 Å². The van der Waals surface area contributed by atoms with Crippen molar-refractivity contribution in [3.8, 4) is 11.1 Å². The Morgan fingerprint density at radius 1 is 0.426 bits per heavy atom. The van der Waals surface area contributed by atoms with E-state index in [1.54, 1.807) is 0 Å². The van der Waals surface area contributed by atoms with Crippen LogP contribution in [-0.2, 0) is 0 Å². The Kier molecular flexibility index (Phi) is 5.78. The van der Waals surface area contributed by atoms with Crippen LogP contribution in [-0.4, -0.2) is 0 Å². The molecule has 10 rings (SSSR count). The highest BCUT2D eigenvalue weighted by molar-refractivity contribution is 7.26. The van der Waals surface area contributed by atoms with Gasteiger partial charge in [0.2, 0.25) is 0 Å². The van der Waals surface area contributed by atoms with Gasteiger partial charge in [-0.15, -0.1) is 11.3 Å². The van der Waals surface area contributed by atoms with Crippen LogP contribution in [0.15, 0.2) is 168 Å². The normalized spacial score (nSPS) is 11.8. The molecule has 0 radical (unpaired) electrons. The van der Waals surface area contributed by atoms with Gasteiger partial charge in [0, 0.05) is 42.3 Å². The van der Waals surface area contributed by atoms with Gasteiger partial charge in [0.15, 0.2) is 0 Å². The van der Waals surface area contributed by atoms with Crippen molar-refractivity contribution in [3.05, 3.63) is 164 Å². The van der Waals surface area contributed by atoms with Crippen molar-refractivity contribution >= 4 is 92.1 Å². The van der Waals surface area contributed by atoms with Crippen molar-refractivity contribution in [2.24, 2.45) is 0 Å². The van der Waals surface area contributed by atoms with Crippen LogP contribution in [0, 0.1) is 0 Å². The predicted octanol–water partition coefficient (Wildman–Crippen LogP) is 13.4. The Hall–Kier alpha value is -5.90. The van der Waals surface area contributed by atoms with Crippen molar-refractivity contribution in [2.75, 3.05) is 4.90 Å². The number of thiophene rings is 1. The Labute approximate surface area is 275 Å².